The average molecular weight is 201 g/mol. The molecule has 0 fully saturated rings. The van der Waals surface area contributed by atoms with Crippen molar-refractivity contribution in [1.29, 1.82) is 0 Å². The molecule has 0 unspecified atom stereocenters. The van der Waals surface area contributed by atoms with Crippen molar-refractivity contribution in [1.82, 2.24) is 0 Å². The van der Waals surface area contributed by atoms with Crippen LogP contribution in [0.25, 0.3) is 0 Å². The minimum absolute atomic E-state index is 0.127. The summed E-state index contributed by atoms with van der Waals surface area (Å²) in [6.45, 7) is 0.127. The summed E-state index contributed by atoms with van der Waals surface area (Å²) in [4.78, 5) is 0. The molecule has 1 aromatic carbocycles. The Morgan fingerprint density at radius 2 is 1.80 bits per heavy atom. The van der Waals surface area contributed by atoms with Gasteiger partial charge in [-0.3, -0.25) is 0 Å². The first-order valence-corrected chi connectivity index (χ1v) is 4.24. The number of rotatable bonds is 2. The third kappa shape index (κ3) is 1.58. The molecule has 0 heterocycles. The molecule has 1 N–H and O–H groups in total. The highest BCUT2D eigenvalue weighted by Crippen LogP contribution is 2.11. The van der Waals surface area contributed by atoms with Crippen LogP contribution in [-0.4, -0.2) is 5.11 Å². The van der Waals surface area contributed by atoms with Crippen LogP contribution in [0.2, 0.25) is 0 Å². The van der Waals surface area contributed by atoms with Gasteiger partial charge in [-0.2, -0.15) is 0 Å². The van der Waals surface area contributed by atoms with Crippen LogP contribution in [0.4, 0.5) is 0 Å². The summed E-state index contributed by atoms with van der Waals surface area (Å²) in [7, 11) is 0. The Morgan fingerprint density at radius 3 is 2.20 bits per heavy atom. The zero-order valence-electron chi connectivity index (χ0n) is 5.55. The lowest BCUT2D eigenvalue weighted by atomic mass is 10.1. The van der Waals surface area contributed by atoms with E-state index in [1.807, 2.05) is 24.3 Å². The van der Waals surface area contributed by atoms with Gasteiger partial charge < -0.3 is 5.11 Å². The summed E-state index contributed by atoms with van der Waals surface area (Å²) in [6, 6.07) is 7.82. The summed E-state index contributed by atoms with van der Waals surface area (Å²) in [5.41, 5.74) is 2.16. The van der Waals surface area contributed by atoms with E-state index in [1.165, 1.54) is 0 Å². The van der Waals surface area contributed by atoms with Crippen LogP contribution in [0.5, 0.6) is 0 Å². The fraction of sp³-hybridized carbons (Fsp3) is 0.250. The van der Waals surface area contributed by atoms with Crippen molar-refractivity contribution < 1.29 is 5.11 Å². The Balaban J connectivity index is 2.96. The second-order valence-corrected chi connectivity index (χ2v) is 2.62. The summed E-state index contributed by atoms with van der Waals surface area (Å²) >= 11 is 3.34. The lowest BCUT2D eigenvalue weighted by molar-refractivity contribution is 0.281. The van der Waals surface area contributed by atoms with Crippen LogP contribution in [0.15, 0.2) is 24.3 Å². The molecule has 0 aromatic heterocycles. The predicted molar refractivity (Wildman–Crippen MR) is 45.0 cm³/mol. The third-order valence-electron chi connectivity index (χ3n) is 1.43. The molecule has 10 heavy (non-hydrogen) atoms. The average Bonchev–Trinajstić information content (AvgIpc) is 2.04. The molecule has 0 aliphatic rings. The van der Waals surface area contributed by atoms with Crippen molar-refractivity contribution in [3.63, 3.8) is 0 Å². The molecule has 0 radical (unpaired) electrons. The zero-order valence-corrected chi connectivity index (χ0v) is 7.13. The molecule has 0 aliphatic heterocycles. The van der Waals surface area contributed by atoms with E-state index in [9.17, 15) is 0 Å². The molecule has 1 rings (SSSR count). The molecule has 54 valence electrons. The summed E-state index contributed by atoms with van der Waals surface area (Å²) < 4.78 is 0. The van der Waals surface area contributed by atoms with E-state index < -0.39 is 0 Å². The third-order valence-corrected chi connectivity index (χ3v) is 2.04. The predicted octanol–water partition coefficient (Wildman–Crippen LogP) is 2.07. The molecule has 0 amide bonds. The summed E-state index contributed by atoms with van der Waals surface area (Å²) in [6.07, 6.45) is 0. The molecule has 2 heteroatoms. The first-order valence-electron chi connectivity index (χ1n) is 3.12. The Kier molecular flexibility index (Phi) is 2.90. The molecule has 0 atom stereocenters. The van der Waals surface area contributed by atoms with E-state index in [0.29, 0.717) is 0 Å². The highest BCUT2D eigenvalue weighted by molar-refractivity contribution is 9.08. The van der Waals surface area contributed by atoms with Gasteiger partial charge in [0.2, 0.25) is 0 Å². The standard InChI is InChI=1S/C8H9BrO/c9-5-7-3-1-2-4-8(7)6-10/h1-4,10H,5-6H2. The van der Waals surface area contributed by atoms with Gasteiger partial charge >= 0.3 is 0 Å². The fourth-order valence-electron chi connectivity index (χ4n) is 0.842. The Morgan fingerprint density at radius 1 is 1.20 bits per heavy atom. The van der Waals surface area contributed by atoms with Gasteiger partial charge in [0, 0.05) is 5.33 Å². The lowest BCUT2D eigenvalue weighted by Gasteiger charge is -2.01. The molecule has 0 bridgehead atoms. The molecular weight excluding hydrogens is 192 g/mol. The lowest BCUT2D eigenvalue weighted by Crippen LogP contribution is -1.88. The van der Waals surface area contributed by atoms with Gasteiger partial charge in [0.25, 0.3) is 0 Å². The van der Waals surface area contributed by atoms with Gasteiger partial charge in [-0.25, -0.2) is 0 Å². The SMILES string of the molecule is OCc1ccccc1CBr. The Bertz CT molecular complexity index is 187. The second-order valence-electron chi connectivity index (χ2n) is 2.06. The number of halogens is 1. The molecular formula is C8H9BrO. The highest BCUT2D eigenvalue weighted by Gasteiger charge is 1.95. The van der Waals surface area contributed by atoms with E-state index in [0.717, 1.165) is 16.5 Å². The molecule has 0 aliphatic carbocycles. The molecule has 0 saturated heterocycles. The topological polar surface area (TPSA) is 20.2 Å². The van der Waals surface area contributed by atoms with E-state index >= 15 is 0 Å². The monoisotopic (exact) mass is 200 g/mol. The molecule has 0 saturated carbocycles. The Labute approximate surface area is 68.8 Å². The highest BCUT2D eigenvalue weighted by atomic mass is 79.9. The fourth-order valence-corrected chi connectivity index (χ4v) is 1.39. The van der Waals surface area contributed by atoms with Gasteiger partial charge in [0.05, 0.1) is 6.61 Å². The van der Waals surface area contributed by atoms with Crippen molar-refractivity contribution in [2.45, 2.75) is 11.9 Å². The second kappa shape index (κ2) is 3.74. The van der Waals surface area contributed by atoms with E-state index in [1.54, 1.807) is 0 Å². The van der Waals surface area contributed by atoms with Crippen molar-refractivity contribution in [3.05, 3.63) is 35.4 Å². The first-order chi connectivity index (χ1) is 4.88. The quantitative estimate of drug-likeness (QED) is 0.726. The van der Waals surface area contributed by atoms with Crippen LogP contribution < -0.4 is 0 Å². The van der Waals surface area contributed by atoms with E-state index in [-0.39, 0.29) is 6.61 Å². The van der Waals surface area contributed by atoms with E-state index in [4.69, 9.17) is 5.11 Å². The van der Waals surface area contributed by atoms with Gasteiger partial charge in [-0.1, -0.05) is 40.2 Å². The van der Waals surface area contributed by atoms with Crippen LogP contribution in [0.1, 0.15) is 11.1 Å². The summed E-state index contributed by atoms with van der Waals surface area (Å²) in [5.74, 6) is 0. The largest absolute Gasteiger partial charge is 0.392 e. The minimum atomic E-state index is 0.127. The number of hydrogen-bond donors (Lipinski definition) is 1. The molecule has 1 aromatic rings. The number of aliphatic hydroxyl groups excluding tert-OH is 1. The van der Waals surface area contributed by atoms with E-state index in [2.05, 4.69) is 15.9 Å². The van der Waals surface area contributed by atoms with Gasteiger partial charge in [0.15, 0.2) is 0 Å². The number of benzene rings is 1. The van der Waals surface area contributed by atoms with Gasteiger partial charge in [-0.15, -0.1) is 0 Å². The van der Waals surface area contributed by atoms with Crippen LogP contribution in [0, 0.1) is 0 Å². The molecule has 1 nitrogen and oxygen atoms in total. The van der Waals surface area contributed by atoms with Crippen LogP contribution >= 0.6 is 15.9 Å². The number of hydrogen-bond acceptors (Lipinski definition) is 1. The maximum absolute atomic E-state index is 8.83. The number of alkyl halides is 1. The van der Waals surface area contributed by atoms with Gasteiger partial charge in [0.1, 0.15) is 0 Å². The molecule has 0 spiro atoms. The smallest absolute Gasteiger partial charge is 0.0684 e. The summed E-state index contributed by atoms with van der Waals surface area (Å²) in [5, 5.41) is 9.64. The zero-order chi connectivity index (χ0) is 7.40. The minimum Gasteiger partial charge on any atom is -0.392 e. The Hall–Kier alpha value is -0.340. The van der Waals surface area contributed by atoms with Crippen molar-refractivity contribution in [2.24, 2.45) is 0 Å². The van der Waals surface area contributed by atoms with Gasteiger partial charge in [-0.05, 0) is 11.1 Å². The number of aliphatic hydroxyl groups is 1. The van der Waals surface area contributed by atoms with Crippen molar-refractivity contribution in [2.75, 3.05) is 0 Å². The maximum Gasteiger partial charge on any atom is 0.0684 e. The maximum atomic E-state index is 8.83. The van der Waals surface area contributed by atoms with Crippen LogP contribution in [-0.2, 0) is 11.9 Å². The first kappa shape index (κ1) is 7.76. The normalized spacial score (nSPS) is 9.80. The van der Waals surface area contributed by atoms with Crippen molar-refractivity contribution in [3.8, 4) is 0 Å². The van der Waals surface area contributed by atoms with Crippen molar-refractivity contribution >= 4 is 15.9 Å². The van der Waals surface area contributed by atoms with Crippen LogP contribution in [0.3, 0.4) is 0 Å².